The van der Waals surface area contributed by atoms with Crippen molar-refractivity contribution in [2.45, 2.75) is 30.6 Å². The van der Waals surface area contributed by atoms with Gasteiger partial charge in [0.25, 0.3) is 20.0 Å². The van der Waals surface area contributed by atoms with E-state index in [0.29, 0.717) is 11.4 Å². The smallest absolute Gasteiger partial charge is 0.264 e. The van der Waals surface area contributed by atoms with Crippen molar-refractivity contribution in [3.05, 3.63) is 101 Å². The number of anilines is 3. The number of para-hydroxylation sites is 1. The highest BCUT2D eigenvalue weighted by Gasteiger charge is 2.28. The number of benzene rings is 3. The van der Waals surface area contributed by atoms with Crippen LogP contribution in [0.4, 0.5) is 17.3 Å². The molecular weight excluding hydrogens is 574 g/mol. The van der Waals surface area contributed by atoms with Crippen LogP contribution >= 0.6 is 11.6 Å². The molecule has 1 heterocycles. The zero-order valence-electron chi connectivity index (χ0n) is 21.8. The van der Waals surface area contributed by atoms with E-state index in [1.807, 2.05) is 6.92 Å². The van der Waals surface area contributed by atoms with Crippen molar-refractivity contribution >= 4 is 54.9 Å². The van der Waals surface area contributed by atoms with Gasteiger partial charge in [0.05, 0.1) is 20.5 Å². The van der Waals surface area contributed by atoms with E-state index in [1.165, 1.54) is 48.5 Å². The van der Waals surface area contributed by atoms with Gasteiger partial charge in [-0.3, -0.25) is 9.10 Å². The molecule has 0 saturated heterocycles. The molecule has 1 amide bonds. The van der Waals surface area contributed by atoms with E-state index in [-0.39, 0.29) is 32.1 Å². The lowest BCUT2D eigenvalue weighted by atomic mass is 10.2. The van der Waals surface area contributed by atoms with Crippen molar-refractivity contribution < 1.29 is 21.6 Å². The number of aromatic nitrogens is 2. The van der Waals surface area contributed by atoms with Crippen LogP contribution in [0.25, 0.3) is 0 Å². The Morgan fingerprint density at radius 2 is 1.40 bits per heavy atom. The first-order chi connectivity index (χ1) is 18.8. The van der Waals surface area contributed by atoms with Gasteiger partial charge in [-0.05, 0) is 75.4 Å². The fourth-order valence-corrected chi connectivity index (χ4v) is 6.46. The van der Waals surface area contributed by atoms with E-state index in [2.05, 4.69) is 20.0 Å². The largest absolute Gasteiger partial charge is 0.325 e. The second-order valence-corrected chi connectivity index (χ2v) is 12.9. The SMILES string of the molecule is Cc1ccc(S(=O)(=O)N(CC(=O)Nc2ccc(S(=O)(=O)Nc3nc(C)cc(C)n3)cc2)c2ccccc2Cl)cc1. The van der Waals surface area contributed by atoms with Crippen LogP contribution in [-0.4, -0.2) is 39.3 Å². The highest BCUT2D eigenvalue weighted by atomic mass is 35.5. The summed E-state index contributed by atoms with van der Waals surface area (Å²) in [5.74, 6) is -0.711. The molecule has 0 radical (unpaired) electrons. The molecule has 3 aromatic carbocycles. The first-order valence-corrected chi connectivity index (χ1v) is 15.2. The summed E-state index contributed by atoms with van der Waals surface area (Å²) in [5, 5.41) is 2.76. The molecule has 40 heavy (non-hydrogen) atoms. The lowest BCUT2D eigenvalue weighted by Gasteiger charge is -2.25. The Labute approximate surface area is 238 Å². The third-order valence-electron chi connectivity index (χ3n) is 5.67. The lowest BCUT2D eigenvalue weighted by Crippen LogP contribution is -2.38. The predicted molar refractivity (Wildman–Crippen MR) is 155 cm³/mol. The van der Waals surface area contributed by atoms with Crippen LogP contribution in [0.3, 0.4) is 0 Å². The minimum atomic E-state index is -4.15. The van der Waals surface area contributed by atoms with E-state index in [4.69, 9.17) is 11.6 Å². The van der Waals surface area contributed by atoms with Crippen molar-refractivity contribution in [3.63, 3.8) is 0 Å². The van der Waals surface area contributed by atoms with Crippen molar-refractivity contribution in [2.75, 3.05) is 20.9 Å². The number of sulfonamides is 2. The molecule has 4 rings (SSSR count). The molecule has 2 N–H and O–H groups in total. The molecule has 0 spiro atoms. The molecular formula is C27H26ClN5O5S2. The topological polar surface area (TPSA) is 138 Å². The fourth-order valence-electron chi connectivity index (χ4n) is 3.79. The zero-order valence-corrected chi connectivity index (χ0v) is 24.2. The molecule has 0 atom stereocenters. The Hall–Kier alpha value is -4.00. The molecule has 0 aliphatic carbocycles. The summed E-state index contributed by atoms with van der Waals surface area (Å²) in [7, 11) is -8.15. The van der Waals surface area contributed by atoms with Crippen LogP contribution in [0, 0.1) is 20.8 Å². The average molecular weight is 600 g/mol. The van der Waals surface area contributed by atoms with Gasteiger partial charge < -0.3 is 5.32 Å². The first kappa shape index (κ1) is 29.0. The van der Waals surface area contributed by atoms with Gasteiger partial charge >= 0.3 is 0 Å². The number of carbonyl (C=O) groups excluding carboxylic acids is 1. The van der Waals surface area contributed by atoms with E-state index >= 15 is 0 Å². The number of carbonyl (C=O) groups is 1. The van der Waals surface area contributed by atoms with Crippen molar-refractivity contribution in [1.82, 2.24) is 9.97 Å². The maximum absolute atomic E-state index is 13.5. The summed E-state index contributed by atoms with van der Waals surface area (Å²) in [6.07, 6.45) is 0. The molecule has 0 saturated carbocycles. The molecule has 0 aliphatic heterocycles. The Balaban J connectivity index is 1.54. The molecule has 0 bridgehead atoms. The van der Waals surface area contributed by atoms with Crippen LogP contribution in [0.5, 0.6) is 0 Å². The Bertz CT molecular complexity index is 1740. The van der Waals surface area contributed by atoms with Crippen molar-refractivity contribution in [1.29, 1.82) is 0 Å². The van der Waals surface area contributed by atoms with E-state index in [9.17, 15) is 21.6 Å². The molecule has 4 aromatic rings. The number of amides is 1. The third-order valence-corrected chi connectivity index (χ3v) is 9.11. The third kappa shape index (κ3) is 6.76. The number of rotatable bonds is 9. The summed E-state index contributed by atoms with van der Waals surface area (Å²) < 4.78 is 55.9. The van der Waals surface area contributed by atoms with Crippen LogP contribution < -0.4 is 14.3 Å². The maximum atomic E-state index is 13.5. The standard InChI is InChI=1S/C27H26ClN5O5S2/c1-18-8-12-23(13-9-18)40(37,38)33(25-7-5-4-6-24(25)28)17-26(34)31-21-10-14-22(15-11-21)39(35,36)32-27-29-19(2)16-20(3)30-27/h4-16H,17H2,1-3H3,(H,31,34)(H,29,30,32). The van der Waals surface area contributed by atoms with Gasteiger partial charge in [0, 0.05) is 17.1 Å². The molecule has 13 heteroatoms. The molecule has 1 aromatic heterocycles. The summed E-state index contributed by atoms with van der Waals surface area (Å²) in [4.78, 5) is 21.1. The number of hydrogen-bond donors (Lipinski definition) is 2. The summed E-state index contributed by atoms with van der Waals surface area (Å²) in [5.41, 5.74) is 2.50. The Morgan fingerprint density at radius 1 is 0.825 bits per heavy atom. The molecule has 10 nitrogen and oxygen atoms in total. The number of aryl methyl sites for hydroxylation is 3. The molecule has 208 valence electrons. The van der Waals surface area contributed by atoms with Gasteiger partial charge in [-0.15, -0.1) is 0 Å². The van der Waals surface area contributed by atoms with Gasteiger partial charge in [0.1, 0.15) is 6.54 Å². The highest BCUT2D eigenvalue weighted by molar-refractivity contribution is 7.93. The van der Waals surface area contributed by atoms with Gasteiger partial charge in [0.15, 0.2) is 0 Å². The molecule has 0 aliphatic rings. The average Bonchev–Trinajstić information content (AvgIpc) is 2.87. The monoisotopic (exact) mass is 599 g/mol. The van der Waals surface area contributed by atoms with Gasteiger partial charge in [0.2, 0.25) is 11.9 Å². The molecule has 0 unspecified atom stereocenters. The quantitative estimate of drug-likeness (QED) is 0.284. The summed E-state index contributed by atoms with van der Waals surface area (Å²) >= 11 is 6.31. The number of nitrogens with one attached hydrogen (secondary N) is 2. The summed E-state index contributed by atoms with van der Waals surface area (Å²) in [6.45, 7) is 4.71. The highest BCUT2D eigenvalue weighted by Crippen LogP contribution is 2.30. The lowest BCUT2D eigenvalue weighted by molar-refractivity contribution is -0.114. The zero-order chi connectivity index (χ0) is 29.1. The van der Waals surface area contributed by atoms with Crippen molar-refractivity contribution in [3.8, 4) is 0 Å². The van der Waals surface area contributed by atoms with Crippen molar-refractivity contribution in [2.24, 2.45) is 0 Å². The minimum Gasteiger partial charge on any atom is -0.325 e. The van der Waals surface area contributed by atoms with Gasteiger partial charge in [-0.2, -0.15) is 0 Å². The van der Waals surface area contributed by atoms with Crippen LogP contribution in [0.15, 0.2) is 88.7 Å². The number of halogens is 1. The van der Waals surface area contributed by atoms with Crippen LogP contribution in [0.2, 0.25) is 5.02 Å². The second kappa shape index (κ2) is 11.6. The van der Waals surface area contributed by atoms with E-state index in [1.54, 1.807) is 44.2 Å². The van der Waals surface area contributed by atoms with Gasteiger partial charge in [-0.1, -0.05) is 41.4 Å². The van der Waals surface area contributed by atoms with Gasteiger partial charge in [-0.25, -0.2) is 31.5 Å². The fraction of sp³-hybridized carbons (Fsp3) is 0.148. The molecule has 0 fully saturated rings. The maximum Gasteiger partial charge on any atom is 0.264 e. The Kier molecular flexibility index (Phi) is 8.43. The number of nitrogens with zero attached hydrogens (tertiary/aromatic N) is 3. The normalized spacial score (nSPS) is 11.6. The van der Waals surface area contributed by atoms with E-state index < -0.39 is 32.5 Å². The Morgan fingerprint density at radius 3 is 2.00 bits per heavy atom. The second-order valence-electron chi connectivity index (χ2n) is 8.93. The predicted octanol–water partition coefficient (Wildman–Crippen LogP) is 4.69. The summed E-state index contributed by atoms with van der Waals surface area (Å²) in [6, 6.07) is 19.7. The first-order valence-electron chi connectivity index (χ1n) is 11.9. The van der Waals surface area contributed by atoms with Crippen LogP contribution in [-0.2, 0) is 24.8 Å². The van der Waals surface area contributed by atoms with Crippen LogP contribution in [0.1, 0.15) is 17.0 Å². The number of hydrogen-bond acceptors (Lipinski definition) is 7. The minimum absolute atomic E-state index is 0.000613. The van der Waals surface area contributed by atoms with E-state index in [0.717, 1.165) is 9.87 Å².